The summed E-state index contributed by atoms with van der Waals surface area (Å²) in [6.45, 7) is 16.4. The SMILES string of the molecule is [3H][B]SO[C@@H]1CC[C@@]2(C)C(CCC3(C)C2C(O)CC2C([C@@H](CC)CCC=C(C)C)[C@@H](O)C[C@@]23C)C1C. The molecule has 0 bridgehead atoms. The molecule has 3 nitrogen and oxygen atoms in total. The summed E-state index contributed by atoms with van der Waals surface area (Å²) in [5, 5.41) is 23.6. The molecule has 0 aromatic carbocycles. The topological polar surface area (TPSA) is 49.7 Å². The molecule has 0 saturated heterocycles. The van der Waals surface area contributed by atoms with Crippen molar-refractivity contribution >= 4 is 19.0 Å². The molecule has 0 aliphatic heterocycles. The van der Waals surface area contributed by atoms with Gasteiger partial charge in [0.05, 0.1) is 18.3 Å². The number of hydrogen-bond acceptors (Lipinski definition) is 4. The summed E-state index contributed by atoms with van der Waals surface area (Å²) in [6.07, 6.45) is 11.4. The van der Waals surface area contributed by atoms with Crippen molar-refractivity contribution in [3.05, 3.63) is 11.6 Å². The van der Waals surface area contributed by atoms with E-state index in [2.05, 4.69) is 54.5 Å². The summed E-state index contributed by atoms with van der Waals surface area (Å²) in [6, 6.07) is 0. The Bertz CT molecular complexity index is 807. The van der Waals surface area contributed by atoms with Crippen molar-refractivity contribution in [1.82, 2.24) is 0 Å². The van der Waals surface area contributed by atoms with Gasteiger partial charge in [0.25, 0.3) is 0 Å². The van der Waals surface area contributed by atoms with E-state index in [1.165, 1.54) is 19.1 Å². The minimum atomic E-state index is -0.301. The van der Waals surface area contributed by atoms with Crippen LogP contribution >= 0.6 is 11.9 Å². The Morgan fingerprint density at radius 2 is 1.89 bits per heavy atom. The zero-order valence-electron chi connectivity index (χ0n) is 24.4. The molecular weight excluding hydrogens is 451 g/mol. The van der Waals surface area contributed by atoms with Crippen LogP contribution in [0, 0.1) is 51.8 Å². The van der Waals surface area contributed by atoms with E-state index in [1.807, 2.05) is 0 Å². The van der Waals surface area contributed by atoms with Crippen molar-refractivity contribution in [2.75, 3.05) is 0 Å². The largest absolute Gasteiger partial charge is 0.393 e. The van der Waals surface area contributed by atoms with Crippen LogP contribution in [0.15, 0.2) is 11.6 Å². The van der Waals surface area contributed by atoms with Crippen LogP contribution in [0.1, 0.15) is 106 Å². The molecule has 7 unspecified atom stereocenters. The Labute approximate surface area is 222 Å². The van der Waals surface area contributed by atoms with Crippen molar-refractivity contribution in [3.8, 4) is 0 Å². The monoisotopic (exact) mass is 505 g/mol. The van der Waals surface area contributed by atoms with Gasteiger partial charge < -0.3 is 14.4 Å². The molecule has 4 rings (SSSR count). The first-order valence-corrected chi connectivity index (χ1v) is 15.3. The predicted molar refractivity (Wildman–Crippen MR) is 149 cm³/mol. The van der Waals surface area contributed by atoms with Gasteiger partial charge in [-0.15, -0.1) is 0 Å². The highest BCUT2D eigenvalue weighted by atomic mass is 32.2. The average molecular weight is 506 g/mol. The maximum Gasteiger partial charge on any atom is 0.209 e. The highest BCUT2D eigenvalue weighted by molar-refractivity contribution is 8.15. The highest BCUT2D eigenvalue weighted by Gasteiger charge is 2.71. The third-order valence-corrected chi connectivity index (χ3v) is 12.6. The molecule has 0 spiro atoms. The number of allylic oxidation sites excluding steroid dienone is 2. The minimum absolute atomic E-state index is 0.0334. The van der Waals surface area contributed by atoms with Crippen LogP contribution in [-0.2, 0) is 4.18 Å². The summed E-state index contributed by atoms with van der Waals surface area (Å²) in [4.78, 5) is 0. The maximum atomic E-state index is 12.0. The van der Waals surface area contributed by atoms with Gasteiger partial charge in [-0.25, -0.2) is 0 Å². The van der Waals surface area contributed by atoms with E-state index in [4.69, 9.17) is 5.52 Å². The van der Waals surface area contributed by atoms with E-state index in [0.29, 0.717) is 29.6 Å². The van der Waals surface area contributed by atoms with Crippen molar-refractivity contribution < 1.29 is 14.4 Å². The Hall–Kier alpha value is 0.0349. The second-order valence-electron chi connectivity index (χ2n) is 13.9. The Kier molecular flexibility index (Phi) is 7.84. The van der Waals surface area contributed by atoms with Gasteiger partial charge in [-0.3, -0.25) is 0 Å². The Morgan fingerprint density at radius 3 is 2.54 bits per heavy atom. The lowest BCUT2D eigenvalue weighted by molar-refractivity contribution is -0.238. The fourth-order valence-electron chi connectivity index (χ4n) is 10.6. The lowest BCUT2D eigenvalue weighted by Crippen LogP contribution is -2.66. The highest BCUT2D eigenvalue weighted by Crippen LogP contribution is 2.74. The molecule has 4 aliphatic rings. The van der Waals surface area contributed by atoms with E-state index < -0.39 is 0 Å². The first kappa shape index (κ1) is 26.6. The van der Waals surface area contributed by atoms with Crippen LogP contribution in [0.2, 0.25) is 0 Å². The second kappa shape index (κ2) is 10.3. The molecule has 0 heterocycles. The van der Waals surface area contributed by atoms with Gasteiger partial charge >= 0.3 is 0 Å². The van der Waals surface area contributed by atoms with Crippen molar-refractivity contribution in [2.24, 2.45) is 51.8 Å². The number of fused-ring (bicyclic) bond motifs is 5. The zero-order chi connectivity index (χ0) is 26.5. The van der Waals surface area contributed by atoms with Gasteiger partial charge in [-0.1, -0.05) is 64.6 Å². The van der Waals surface area contributed by atoms with Crippen molar-refractivity contribution in [3.63, 3.8) is 0 Å². The number of aliphatic hydroxyl groups excluding tert-OH is 2. The molecule has 4 fully saturated rings. The molecule has 0 aromatic heterocycles. The Morgan fingerprint density at radius 1 is 1.14 bits per heavy atom. The first-order valence-electron chi connectivity index (χ1n) is 15.0. The molecule has 4 saturated carbocycles. The van der Waals surface area contributed by atoms with Crippen LogP contribution in [0.3, 0.4) is 0 Å². The standard InChI is InChI=1S/C30H52BO3S/c1-8-20(11-9-10-18(2)3)26-22-16-23(32)27-28(5)14-13-25(34-35-31)19(4)21(28)12-15-29(27,6)30(22,7)17-24(26)33/h10,19-27,31-33H,8-9,11-17H2,1-7H3/t19?,20-,21?,22?,23?,24-,25+,26?,27?,28-,29?,30-/m0/s1/i31T. The quantitative estimate of drug-likeness (QED) is 0.215. The zero-order valence-corrected chi connectivity index (χ0v) is 24.2. The summed E-state index contributed by atoms with van der Waals surface area (Å²) in [5.41, 5.74) is 1.56. The summed E-state index contributed by atoms with van der Waals surface area (Å²) in [7, 11) is 1.29. The van der Waals surface area contributed by atoms with E-state index >= 15 is 0 Å². The van der Waals surface area contributed by atoms with Crippen LogP contribution in [0.5, 0.6) is 0 Å². The van der Waals surface area contributed by atoms with E-state index in [1.54, 1.807) is 0 Å². The van der Waals surface area contributed by atoms with Crippen LogP contribution in [0.25, 0.3) is 0 Å². The number of rotatable bonds is 8. The van der Waals surface area contributed by atoms with Gasteiger partial charge in [0.2, 0.25) is 7.09 Å². The third kappa shape index (κ3) is 4.41. The van der Waals surface area contributed by atoms with E-state index in [0.717, 1.165) is 63.3 Å². The molecule has 0 amide bonds. The fourth-order valence-corrected chi connectivity index (χ4v) is 11.0. The molecule has 1 radical (unpaired) electrons. The molecule has 199 valence electrons. The third-order valence-electron chi connectivity index (χ3n) is 12.3. The van der Waals surface area contributed by atoms with Gasteiger partial charge in [-0.05, 0) is 118 Å². The fraction of sp³-hybridized carbons (Fsp3) is 0.933. The smallest absolute Gasteiger partial charge is 0.209 e. The molecule has 0 aromatic rings. The average Bonchev–Trinajstić information content (AvgIpc) is 3.06. The first-order chi connectivity index (χ1) is 16.9. The van der Waals surface area contributed by atoms with Crippen molar-refractivity contribution in [2.45, 2.75) is 125 Å². The second-order valence-corrected chi connectivity index (χ2v) is 14.3. The summed E-state index contributed by atoms with van der Waals surface area (Å²) in [5.74, 6) is 2.43. The van der Waals surface area contributed by atoms with Crippen molar-refractivity contribution in [1.29, 1.82) is 1.34 Å². The van der Waals surface area contributed by atoms with Gasteiger partial charge in [-0.2, -0.15) is 0 Å². The maximum absolute atomic E-state index is 12.0. The molecular formula is C30H52BO3S. The molecule has 12 atom stereocenters. The van der Waals surface area contributed by atoms with Gasteiger partial charge in [0.15, 0.2) is 0 Å². The van der Waals surface area contributed by atoms with Gasteiger partial charge in [0, 0.05) is 0 Å². The lowest BCUT2D eigenvalue weighted by atomic mass is 9.36. The van der Waals surface area contributed by atoms with Gasteiger partial charge in [0.1, 0.15) is 0 Å². The molecule has 4 aliphatic carbocycles. The normalized spacial score (nSPS) is 50.4. The molecule has 2 N–H and O–H groups in total. The van der Waals surface area contributed by atoms with Crippen LogP contribution in [0.4, 0.5) is 0 Å². The van der Waals surface area contributed by atoms with E-state index in [-0.39, 0.29) is 40.5 Å². The predicted octanol–water partition coefficient (Wildman–Crippen LogP) is 6.84. The molecule has 35 heavy (non-hydrogen) atoms. The number of hydrogen-bond donors (Lipinski definition) is 2. The summed E-state index contributed by atoms with van der Waals surface area (Å²) < 4.78 is 13.4. The van der Waals surface area contributed by atoms with E-state index in [9.17, 15) is 10.2 Å². The van der Waals surface area contributed by atoms with Crippen LogP contribution < -0.4 is 0 Å². The minimum Gasteiger partial charge on any atom is -0.393 e. The summed E-state index contributed by atoms with van der Waals surface area (Å²) >= 11 is 1.16. The Balaban J connectivity index is 1.62. The lowest BCUT2D eigenvalue weighted by Gasteiger charge is -2.69. The molecule has 5 heteroatoms. The number of aliphatic hydroxyl groups is 2. The van der Waals surface area contributed by atoms with Crippen LogP contribution in [-0.4, -0.2) is 36.9 Å².